The number of benzene rings is 1. The van der Waals surface area contributed by atoms with Crippen LogP contribution in [0.15, 0.2) is 24.3 Å². The highest BCUT2D eigenvalue weighted by Crippen LogP contribution is 2.30. The third kappa shape index (κ3) is 3.28. The molecule has 0 bridgehead atoms. The maximum Gasteiger partial charge on any atom is 0.315 e. The molecule has 3 heteroatoms. The zero-order chi connectivity index (χ0) is 13.9. The van der Waals surface area contributed by atoms with Crippen LogP contribution in [-0.4, -0.2) is 12.6 Å². The van der Waals surface area contributed by atoms with Crippen LogP contribution in [0.1, 0.15) is 45.1 Å². The quantitative estimate of drug-likeness (QED) is 0.653. The standard InChI is InChI=1S/C16H23NO2/c1-16(2,13-6-8-14(17)9-7-13)15(18)19-11-10-12-4-3-5-12/h6-9,12H,3-5,10-11,17H2,1-2H3. The number of esters is 1. The Morgan fingerprint density at radius 3 is 2.47 bits per heavy atom. The second-order valence-corrected chi connectivity index (χ2v) is 5.97. The molecule has 0 aromatic heterocycles. The van der Waals surface area contributed by atoms with Crippen molar-refractivity contribution in [3.8, 4) is 0 Å². The Morgan fingerprint density at radius 1 is 1.32 bits per heavy atom. The van der Waals surface area contributed by atoms with Crippen molar-refractivity contribution in [3.05, 3.63) is 29.8 Å². The first-order chi connectivity index (χ1) is 9.00. The Morgan fingerprint density at radius 2 is 1.95 bits per heavy atom. The summed E-state index contributed by atoms with van der Waals surface area (Å²) in [7, 11) is 0. The Kier molecular flexibility index (Phi) is 4.13. The van der Waals surface area contributed by atoms with Gasteiger partial charge in [0, 0.05) is 5.69 Å². The molecule has 1 aliphatic rings. The molecule has 19 heavy (non-hydrogen) atoms. The molecule has 0 amide bonds. The summed E-state index contributed by atoms with van der Waals surface area (Å²) in [6, 6.07) is 7.42. The molecule has 3 nitrogen and oxygen atoms in total. The van der Waals surface area contributed by atoms with E-state index in [0.717, 1.165) is 17.9 Å². The van der Waals surface area contributed by atoms with E-state index in [0.29, 0.717) is 12.3 Å². The SMILES string of the molecule is CC(C)(C(=O)OCCC1CCC1)c1ccc(N)cc1. The van der Waals surface area contributed by atoms with Gasteiger partial charge in [0.15, 0.2) is 0 Å². The van der Waals surface area contributed by atoms with Crippen LogP contribution in [0.5, 0.6) is 0 Å². The van der Waals surface area contributed by atoms with Crippen molar-refractivity contribution in [1.82, 2.24) is 0 Å². The summed E-state index contributed by atoms with van der Waals surface area (Å²) in [6.07, 6.45) is 4.91. The lowest BCUT2D eigenvalue weighted by atomic mass is 9.83. The van der Waals surface area contributed by atoms with Crippen LogP contribution in [0.2, 0.25) is 0 Å². The summed E-state index contributed by atoms with van der Waals surface area (Å²) in [4.78, 5) is 12.2. The van der Waals surface area contributed by atoms with E-state index in [9.17, 15) is 4.79 Å². The van der Waals surface area contributed by atoms with E-state index >= 15 is 0 Å². The van der Waals surface area contributed by atoms with Gasteiger partial charge in [-0.1, -0.05) is 31.4 Å². The fourth-order valence-electron chi connectivity index (χ4n) is 2.30. The van der Waals surface area contributed by atoms with Crippen LogP contribution in [0.3, 0.4) is 0 Å². The summed E-state index contributed by atoms with van der Waals surface area (Å²) in [5.41, 5.74) is 6.69. The van der Waals surface area contributed by atoms with E-state index in [1.165, 1.54) is 19.3 Å². The molecule has 1 aliphatic carbocycles. The average Bonchev–Trinajstić information content (AvgIpc) is 2.32. The topological polar surface area (TPSA) is 52.3 Å². The fraction of sp³-hybridized carbons (Fsp3) is 0.562. The van der Waals surface area contributed by atoms with Crippen LogP contribution in [0.4, 0.5) is 5.69 Å². The van der Waals surface area contributed by atoms with Gasteiger partial charge in [0.2, 0.25) is 0 Å². The average molecular weight is 261 g/mol. The van der Waals surface area contributed by atoms with E-state index in [1.54, 1.807) is 0 Å². The smallest absolute Gasteiger partial charge is 0.315 e. The number of nitrogen functional groups attached to an aromatic ring is 1. The van der Waals surface area contributed by atoms with Gasteiger partial charge in [0.25, 0.3) is 0 Å². The minimum atomic E-state index is -0.618. The molecule has 104 valence electrons. The van der Waals surface area contributed by atoms with Crippen LogP contribution >= 0.6 is 0 Å². The monoisotopic (exact) mass is 261 g/mol. The van der Waals surface area contributed by atoms with Gasteiger partial charge in [-0.05, 0) is 43.9 Å². The number of rotatable bonds is 5. The van der Waals surface area contributed by atoms with Gasteiger partial charge in [-0.25, -0.2) is 0 Å². The number of ether oxygens (including phenoxy) is 1. The minimum Gasteiger partial charge on any atom is -0.465 e. The highest BCUT2D eigenvalue weighted by atomic mass is 16.5. The second kappa shape index (κ2) is 5.64. The fourth-order valence-corrected chi connectivity index (χ4v) is 2.30. The molecule has 1 aromatic carbocycles. The molecule has 0 saturated heterocycles. The van der Waals surface area contributed by atoms with Crippen LogP contribution < -0.4 is 5.73 Å². The van der Waals surface area contributed by atoms with E-state index in [-0.39, 0.29) is 5.97 Å². The summed E-state index contributed by atoms with van der Waals surface area (Å²) in [5, 5.41) is 0. The number of carbonyl (C=O) groups is 1. The van der Waals surface area contributed by atoms with Crippen molar-refractivity contribution >= 4 is 11.7 Å². The predicted molar refractivity (Wildman–Crippen MR) is 76.8 cm³/mol. The van der Waals surface area contributed by atoms with Gasteiger partial charge in [-0.15, -0.1) is 0 Å². The zero-order valence-electron chi connectivity index (χ0n) is 11.8. The Labute approximate surface area is 115 Å². The van der Waals surface area contributed by atoms with Crippen LogP contribution in [0, 0.1) is 5.92 Å². The van der Waals surface area contributed by atoms with E-state index in [1.807, 2.05) is 38.1 Å². The van der Waals surface area contributed by atoms with Gasteiger partial charge in [-0.3, -0.25) is 4.79 Å². The molecule has 2 N–H and O–H groups in total. The maximum absolute atomic E-state index is 12.2. The molecule has 0 radical (unpaired) electrons. The van der Waals surface area contributed by atoms with Crippen molar-refractivity contribution < 1.29 is 9.53 Å². The Hall–Kier alpha value is -1.51. The van der Waals surface area contributed by atoms with Crippen LogP contribution in [0.25, 0.3) is 0 Å². The molecule has 0 aliphatic heterocycles. The van der Waals surface area contributed by atoms with Gasteiger partial charge < -0.3 is 10.5 Å². The minimum absolute atomic E-state index is 0.156. The third-order valence-corrected chi connectivity index (χ3v) is 4.13. The van der Waals surface area contributed by atoms with Crippen molar-refractivity contribution in [3.63, 3.8) is 0 Å². The molecule has 1 aromatic rings. The molecule has 1 saturated carbocycles. The van der Waals surface area contributed by atoms with Gasteiger partial charge >= 0.3 is 5.97 Å². The summed E-state index contributed by atoms with van der Waals surface area (Å²) in [5.74, 6) is 0.615. The summed E-state index contributed by atoms with van der Waals surface area (Å²) < 4.78 is 5.43. The molecule has 0 heterocycles. The lowest BCUT2D eigenvalue weighted by Gasteiger charge is -2.27. The lowest BCUT2D eigenvalue weighted by Crippen LogP contribution is -2.31. The van der Waals surface area contributed by atoms with E-state index in [4.69, 9.17) is 10.5 Å². The van der Waals surface area contributed by atoms with Gasteiger partial charge in [0.1, 0.15) is 0 Å². The number of hydrogen-bond donors (Lipinski definition) is 1. The first-order valence-corrected chi connectivity index (χ1v) is 7.03. The summed E-state index contributed by atoms with van der Waals surface area (Å²) >= 11 is 0. The molecule has 0 atom stereocenters. The highest BCUT2D eigenvalue weighted by Gasteiger charge is 2.31. The second-order valence-electron chi connectivity index (χ2n) is 5.97. The lowest BCUT2D eigenvalue weighted by molar-refractivity contribution is -0.149. The molecule has 0 unspecified atom stereocenters. The first-order valence-electron chi connectivity index (χ1n) is 7.03. The Balaban J connectivity index is 1.89. The number of anilines is 1. The molecular weight excluding hydrogens is 238 g/mol. The van der Waals surface area contributed by atoms with Gasteiger partial charge in [0.05, 0.1) is 12.0 Å². The predicted octanol–water partition coefficient (Wildman–Crippen LogP) is 3.28. The molecule has 0 spiro atoms. The van der Waals surface area contributed by atoms with Gasteiger partial charge in [-0.2, -0.15) is 0 Å². The van der Waals surface area contributed by atoms with Crippen molar-refractivity contribution in [2.75, 3.05) is 12.3 Å². The van der Waals surface area contributed by atoms with Crippen molar-refractivity contribution in [2.45, 2.75) is 44.9 Å². The number of nitrogens with two attached hydrogens (primary N) is 1. The van der Waals surface area contributed by atoms with Crippen molar-refractivity contribution in [2.24, 2.45) is 5.92 Å². The van der Waals surface area contributed by atoms with E-state index in [2.05, 4.69) is 0 Å². The zero-order valence-corrected chi connectivity index (χ0v) is 11.8. The number of carbonyl (C=O) groups excluding carboxylic acids is 1. The molecule has 2 rings (SSSR count). The maximum atomic E-state index is 12.2. The van der Waals surface area contributed by atoms with E-state index < -0.39 is 5.41 Å². The molecule has 1 fully saturated rings. The first kappa shape index (κ1) is 13.9. The van der Waals surface area contributed by atoms with Crippen LogP contribution in [-0.2, 0) is 14.9 Å². The third-order valence-electron chi connectivity index (χ3n) is 4.13. The highest BCUT2D eigenvalue weighted by molar-refractivity contribution is 5.82. The largest absolute Gasteiger partial charge is 0.465 e. The van der Waals surface area contributed by atoms with Crippen molar-refractivity contribution in [1.29, 1.82) is 0 Å². The Bertz CT molecular complexity index is 433. The number of hydrogen-bond acceptors (Lipinski definition) is 3. The molecular formula is C16H23NO2. The summed E-state index contributed by atoms with van der Waals surface area (Å²) in [6.45, 7) is 4.33. The normalized spacial score (nSPS) is 15.9.